The number of nitrogens with two attached hydrogens (primary N) is 1. The first-order valence-corrected chi connectivity index (χ1v) is 4.61. The van der Waals surface area contributed by atoms with Crippen molar-refractivity contribution in [3.63, 3.8) is 0 Å². The van der Waals surface area contributed by atoms with Crippen molar-refractivity contribution in [2.24, 2.45) is 5.73 Å². The van der Waals surface area contributed by atoms with Gasteiger partial charge in [-0.25, -0.2) is 0 Å². The highest BCUT2D eigenvalue weighted by Crippen LogP contribution is 2.19. The third-order valence-electron chi connectivity index (χ3n) is 1.34. The van der Waals surface area contributed by atoms with Crippen LogP contribution in [0.15, 0.2) is 0 Å². The third kappa shape index (κ3) is 4.27. The Morgan fingerprint density at radius 3 is 2.55 bits per heavy atom. The van der Waals surface area contributed by atoms with Crippen molar-refractivity contribution in [1.82, 2.24) is 0 Å². The summed E-state index contributed by atoms with van der Waals surface area (Å²) in [5, 5.41) is 8.62. The van der Waals surface area contributed by atoms with Crippen LogP contribution in [0.5, 0.6) is 0 Å². The summed E-state index contributed by atoms with van der Waals surface area (Å²) in [5.41, 5.74) is 5.11. The molecular formula is C7H15NO2S. The van der Waals surface area contributed by atoms with Gasteiger partial charge in [-0.2, -0.15) is 0 Å². The average Bonchev–Trinajstić information content (AvgIpc) is 1.99. The molecule has 11 heavy (non-hydrogen) atoms. The first kappa shape index (κ1) is 10.8. The standard InChI is InChI=1S/C7H15NO2S/c1-3-6(7(8)10)11-5(2)4-9/h5-6,9H,3-4H2,1-2H3,(H2,8,10). The molecule has 66 valence electrons. The van der Waals surface area contributed by atoms with Gasteiger partial charge in [0.05, 0.1) is 11.9 Å². The lowest BCUT2D eigenvalue weighted by Crippen LogP contribution is -2.27. The van der Waals surface area contributed by atoms with Gasteiger partial charge < -0.3 is 10.8 Å². The van der Waals surface area contributed by atoms with Crippen LogP contribution in [0.2, 0.25) is 0 Å². The van der Waals surface area contributed by atoms with Gasteiger partial charge in [-0.3, -0.25) is 4.79 Å². The van der Waals surface area contributed by atoms with Crippen LogP contribution >= 0.6 is 11.8 Å². The fourth-order valence-corrected chi connectivity index (χ4v) is 1.66. The largest absolute Gasteiger partial charge is 0.395 e. The van der Waals surface area contributed by atoms with E-state index in [4.69, 9.17) is 10.8 Å². The van der Waals surface area contributed by atoms with Gasteiger partial charge in [-0.05, 0) is 6.42 Å². The van der Waals surface area contributed by atoms with Gasteiger partial charge in [0, 0.05) is 5.25 Å². The Morgan fingerprint density at radius 2 is 2.27 bits per heavy atom. The van der Waals surface area contributed by atoms with Crippen molar-refractivity contribution in [1.29, 1.82) is 0 Å². The number of thioether (sulfide) groups is 1. The summed E-state index contributed by atoms with van der Waals surface area (Å²) in [6.45, 7) is 3.87. The molecule has 0 rings (SSSR count). The maximum atomic E-state index is 10.7. The van der Waals surface area contributed by atoms with Crippen molar-refractivity contribution in [3.8, 4) is 0 Å². The van der Waals surface area contributed by atoms with Gasteiger partial charge in [0.1, 0.15) is 0 Å². The highest BCUT2D eigenvalue weighted by molar-refractivity contribution is 8.01. The zero-order chi connectivity index (χ0) is 8.85. The SMILES string of the molecule is CCC(SC(C)CO)C(N)=O. The van der Waals surface area contributed by atoms with Crippen molar-refractivity contribution >= 4 is 17.7 Å². The van der Waals surface area contributed by atoms with E-state index in [0.29, 0.717) is 0 Å². The molecule has 0 aromatic rings. The molecule has 0 fully saturated rings. The van der Waals surface area contributed by atoms with Crippen LogP contribution in [0.4, 0.5) is 0 Å². The molecular weight excluding hydrogens is 162 g/mol. The lowest BCUT2D eigenvalue weighted by Gasteiger charge is -2.14. The van der Waals surface area contributed by atoms with Gasteiger partial charge >= 0.3 is 0 Å². The molecule has 0 saturated carbocycles. The molecule has 2 atom stereocenters. The zero-order valence-corrected chi connectivity index (χ0v) is 7.73. The second kappa shape index (κ2) is 5.43. The molecule has 0 aliphatic rings. The molecule has 0 saturated heterocycles. The minimum Gasteiger partial charge on any atom is -0.395 e. The molecule has 3 nitrogen and oxygen atoms in total. The van der Waals surface area contributed by atoms with Gasteiger partial charge in [-0.15, -0.1) is 11.8 Å². The summed E-state index contributed by atoms with van der Waals surface area (Å²) >= 11 is 1.43. The number of carbonyl (C=O) groups is 1. The fourth-order valence-electron chi connectivity index (χ4n) is 0.688. The maximum Gasteiger partial charge on any atom is 0.230 e. The van der Waals surface area contributed by atoms with E-state index in [1.165, 1.54) is 11.8 Å². The lowest BCUT2D eigenvalue weighted by atomic mass is 10.3. The predicted molar refractivity (Wildman–Crippen MR) is 47.4 cm³/mol. The Labute approximate surface area is 71.3 Å². The van der Waals surface area contributed by atoms with E-state index in [-0.39, 0.29) is 23.0 Å². The Bertz CT molecular complexity index is 130. The Morgan fingerprint density at radius 1 is 1.73 bits per heavy atom. The van der Waals surface area contributed by atoms with Gasteiger partial charge in [-0.1, -0.05) is 13.8 Å². The molecule has 0 spiro atoms. The van der Waals surface area contributed by atoms with E-state index in [2.05, 4.69) is 0 Å². The van der Waals surface area contributed by atoms with E-state index in [1.807, 2.05) is 13.8 Å². The van der Waals surface area contributed by atoms with Crippen LogP contribution in [0.1, 0.15) is 20.3 Å². The van der Waals surface area contributed by atoms with Gasteiger partial charge in [0.25, 0.3) is 0 Å². The quantitative estimate of drug-likeness (QED) is 0.637. The van der Waals surface area contributed by atoms with Crippen molar-refractivity contribution in [3.05, 3.63) is 0 Å². The first-order valence-electron chi connectivity index (χ1n) is 3.67. The summed E-state index contributed by atoms with van der Waals surface area (Å²) in [6, 6.07) is 0. The molecule has 0 heterocycles. The molecule has 0 aliphatic carbocycles. The second-order valence-electron chi connectivity index (χ2n) is 2.43. The molecule has 0 aromatic heterocycles. The number of hydrogen-bond donors (Lipinski definition) is 2. The molecule has 0 aliphatic heterocycles. The maximum absolute atomic E-state index is 10.7. The minimum absolute atomic E-state index is 0.0902. The Hall–Kier alpha value is -0.220. The minimum atomic E-state index is -0.294. The van der Waals surface area contributed by atoms with E-state index < -0.39 is 0 Å². The summed E-state index contributed by atoms with van der Waals surface area (Å²) in [7, 11) is 0. The van der Waals surface area contributed by atoms with E-state index >= 15 is 0 Å². The summed E-state index contributed by atoms with van der Waals surface area (Å²) in [4.78, 5) is 10.7. The molecule has 0 aromatic carbocycles. The van der Waals surface area contributed by atoms with E-state index in [1.54, 1.807) is 0 Å². The average molecular weight is 177 g/mol. The number of carbonyl (C=O) groups excluding carboxylic acids is 1. The molecule has 2 unspecified atom stereocenters. The first-order chi connectivity index (χ1) is 5.11. The molecule has 3 N–H and O–H groups in total. The number of hydrogen-bond acceptors (Lipinski definition) is 3. The van der Waals surface area contributed by atoms with Crippen LogP contribution < -0.4 is 5.73 Å². The summed E-state index contributed by atoms with van der Waals surface area (Å²) < 4.78 is 0. The molecule has 1 amide bonds. The fraction of sp³-hybridized carbons (Fsp3) is 0.857. The van der Waals surface area contributed by atoms with E-state index in [0.717, 1.165) is 6.42 Å². The zero-order valence-electron chi connectivity index (χ0n) is 6.91. The number of primary amides is 1. The topological polar surface area (TPSA) is 63.3 Å². The van der Waals surface area contributed by atoms with Crippen LogP contribution in [0.3, 0.4) is 0 Å². The summed E-state index contributed by atoms with van der Waals surface area (Å²) in [5.74, 6) is -0.294. The number of rotatable bonds is 5. The molecule has 0 bridgehead atoms. The smallest absolute Gasteiger partial charge is 0.230 e. The van der Waals surface area contributed by atoms with Crippen molar-refractivity contribution in [2.45, 2.75) is 30.8 Å². The van der Waals surface area contributed by atoms with Crippen molar-refractivity contribution in [2.75, 3.05) is 6.61 Å². The predicted octanol–water partition coefficient (Wildman–Crippen LogP) is 0.364. The highest BCUT2D eigenvalue weighted by Gasteiger charge is 2.16. The van der Waals surface area contributed by atoms with Crippen LogP contribution in [-0.2, 0) is 4.79 Å². The Kier molecular flexibility index (Phi) is 5.32. The third-order valence-corrected chi connectivity index (χ3v) is 2.85. The van der Waals surface area contributed by atoms with Crippen LogP contribution in [0.25, 0.3) is 0 Å². The lowest BCUT2D eigenvalue weighted by molar-refractivity contribution is -0.117. The normalized spacial score (nSPS) is 15.9. The van der Waals surface area contributed by atoms with Gasteiger partial charge in [0.15, 0.2) is 0 Å². The van der Waals surface area contributed by atoms with E-state index in [9.17, 15) is 4.79 Å². The number of amides is 1. The van der Waals surface area contributed by atoms with Crippen LogP contribution in [-0.4, -0.2) is 28.1 Å². The van der Waals surface area contributed by atoms with Crippen LogP contribution in [0, 0.1) is 0 Å². The Balaban J connectivity index is 3.77. The molecule has 4 heteroatoms. The molecule has 0 radical (unpaired) electrons. The monoisotopic (exact) mass is 177 g/mol. The summed E-state index contributed by atoms with van der Waals surface area (Å²) in [6.07, 6.45) is 0.727. The van der Waals surface area contributed by atoms with Crippen molar-refractivity contribution < 1.29 is 9.90 Å². The second-order valence-corrected chi connectivity index (χ2v) is 4.07. The number of aliphatic hydroxyl groups is 1. The number of aliphatic hydroxyl groups excluding tert-OH is 1. The highest BCUT2D eigenvalue weighted by atomic mass is 32.2. The van der Waals surface area contributed by atoms with Gasteiger partial charge in [0.2, 0.25) is 5.91 Å².